The molecule has 2 fully saturated rings. The van der Waals surface area contributed by atoms with Crippen molar-refractivity contribution in [1.29, 1.82) is 0 Å². The summed E-state index contributed by atoms with van der Waals surface area (Å²) in [6.45, 7) is 6.92. The van der Waals surface area contributed by atoms with Crippen molar-refractivity contribution in [3.05, 3.63) is 29.0 Å². The lowest BCUT2D eigenvalue weighted by molar-refractivity contribution is -0.133. The van der Waals surface area contributed by atoms with Gasteiger partial charge in [-0.2, -0.15) is 0 Å². The highest BCUT2D eigenvalue weighted by Crippen LogP contribution is 2.39. The summed E-state index contributed by atoms with van der Waals surface area (Å²) in [5.74, 6) is 2.41. The maximum absolute atomic E-state index is 13.3. The van der Waals surface area contributed by atoms with Gasteiger partial charge in [0.1, 0.15) is 5.82 Å². The molecule has 0 N–H and O–H groups in total. The van der Waals surface area contributed by atoms with Gasteiger partial charge in [-0.25, -0.2) is 9.97 Å². The molecule has 1 atom stereocenters. The fraction of sp³-hybridized carbons (Fsp3) is 0.667. The van der Waals surface area contributed by atoms with Crippen LogP contribution in [0.1, 0.15) is 93.5 Å². The molecular weight excluding hydrogens is 376 g/mol. The van der Waals surface area contributed by atoms with Crippen molar-refractivity contribution in [3.8, 4) is 11.3 Å². The largest absolute Gasteiger partial charge is 0.356 e. The van der Waals surface area contributed by atoms with Crippen LogP contribution >= 0.6 is 0 Å². The van der Waals surface area contributed by atoms with E-state index in [4.69, 9.17) is 9.51 Å². The van der Waals surface area contributed by atoms with Crippen molar-refractivity contribution in [2.45, 2.75) is 91.0 Å². The van der Waals surface area contributed by atoms with E-state index in [-0.39, 0.29) is 11.9 Å². The van der Waals surface area contributed by atoms with E-state index < -0.39 is 0 Å². The van der Waals surface area contributed by atoms with Gasteiger partial charge in [0.2, 0.25) is 5.91 Å². The molecule has 0 aromatic carbocycles. The molecule has 2 aromatic rings. The Bertz CT molecular complexity index is 885. The van der Waals surface area contributed by atoms with Crippen molar-refractivity contribution < 1.29 is 9.32 Å². The third kappa shape index (κ3) is 4.28. The Morgan fingerprint density at radius 1 is 1.17 bits per heavy atom. The molecule has 1 amide bonds. The first-order chi connectivity index (χ1) is 14.6. The van der Waals surface area contributed by atoms with Crippen LogP contribution in [-0.2, 0) is 11.2 Å². The maximum atomic E-state index is 13.3. The summed E-state index contributed by atoms with van der Waals surface area (Å²) in [6.07, 6.45) is 12.6. The summed E-state index contributed by atoms with van der Waals surface area (Å²) in [4.78, 5) is 24.9. The highest BCUT2D eigenvalue weighted by molar-refractivity contribution is 5.78. The van der Waals surface area contributed by atoms with Gasteiger partial charge in [-0.15, -0.1) is 0 Å². The van der Waals surface area contributed by atoms with E-state index in [1.54, 1.807) is 0 Å². The van der Waals surface area contributed by atoms with Crippen LogP contribution in [-0.4, -0.2) is 32.5 Å². The van der Waals surface area contributed by atoms with Crippen LogP contribution < -0.4 is 0 Å². The third-order valence-electron chi connectivity index (χ3n) is 6.82. The summed E-state index contributed by atoms with van der Waals surface area (Å²) >= 11 is 0. The van der Waals surface area contributed by atoms with Gasteiger partial charge in [0, 0.05) is 31.1 Å². The standard InChI is InChI=1S/C24H34N4O2/c1-4-9-21-25-15-19(24-16(2)17(3)27-30-24)23(26-21)20-12-8-13-28(20)22(29)14-18-10-6-5-7-11-18/h15,18,20H,4-14H2,1-3H3. The number of rotatable bonds is 6. The second kappa shape index (κ2) is 9.27. The Morgan fingerprint density at radius 2 is 1.97 bits per heavy atom. The minimum atomic E-state index is -0.000460. The van der Waals surface area contributed by atoms with Crippen molar-refractivity contribution >= 4 is 5.91 Å². The Morgan fingerprint density at radius 3 is 2.67 bits per heavy atom. The Balaban J connectivity index is 1.65. The number of likely N-dealkylation sites (tertiary alicyclic amines) is 1. The first-order valence-electron chi connectivity index (χ1n) is 11.7. The number of aromatic nitrogens is 3. The molecule has 6 nitrogen and oxygen atoms in total. The van der Waals surface area contributed by atoms with E-state index in [1.165, 1.54) is 32.1 Å². The fourth-order valence-electron chi connectivity index (χ4n) is 4.98. The van der Waals surface area contributed by atoms with Crippen LogP contribution in [0.4, 0.5) is 0 Å². The van der Waals surface area contributed by atoms with Gasteiger partial charge in [0.25, 0.3) is 0 Å². The predicted molar refractivity (Wildman–Crippen MR) is 116 cm³/mol. The van der Waals surface area contributed by atoms with Crippen LogP contribution in [0.25, 0.3) is 11.3 Å². The molecule has 2 aliphatic rings. The number of carbonyl (C=O) groups excluding carboxylic acids is 1. The molecule has 0 radical (unpaired) electrons. The number of nitrogens with zero attached hydrogens (tertiary/aromatic N) is 4. The van der Waals surface area contributed by atoms with Crippen molar-refractivity contribution in [1.82, 2.24) is 20.0 Å². The summed E-state index contributed by atoms with van der Waals surface area (Å²) in [7, 11) is 0. The monoisotopic (exact) mass is 410 g/mol. The quantitative estimate of drug-likeness (QED) is 0.643. The van der Waals surface area contributed by atoms with Crippen molar-refractivity contribution in [2.75, 3.05) is 6.54 Å². The van der Waals surface area contributed by atoms with E-state index in [0.717, 1.165) is 66.3 Å². The van der Waals surface area contributed by atoms with Crippen LogP contribution in [0.5, 0.6) is 0 Å². The van der Waals surface area contributed by atoms with Gasteiger partial charge in [-0.1, -0.05) is 31.3 Å². The molecule has 1 aliphatic heterocycles. The normalized spacial score (nSPS) is 20.1. The van der Waals surface area contributed by atoms with Gasteiger partial charge in [0.15, 0.2) is 5.76 Å². The molecule has 1 unspecified atom stereocenters. The number of aryl methyl sites for hydroxylation is 2. The third-order valence-corrected chi connectivity index (χ3v) is 6.82. The predicted octanol–water partition coefficient (Wildman–Crippen LogP) is 5.33. The lowest BCUT2D eigenvalue weighted by atomic mass is 9.86. The Labute approximate surface area is 179 Å². The minimum absolute atomic E-state index is 0.000460. The number of carbonyl (C=O) groups is 1. The lowest BCUT2D eigenvalue weighted by Crippen LogP contribution is -2.33. The maximum Gasteiger partial charge on any atom is 0.223 e. The molecule has 30 heavy (non-hydrogen) atoms. The van der Waals surface area contributed by atoms with Crippen molar-refractivity contribution in [3.63, 3.8) is 0 Å². The van der Waals surface area contributed by atoms with Crippen LogP contribution in [0.2, 0.25) is 0 Å². The molecule has 1 saturated carbocycles. The van der Waals surface area contributed by atoms with E-state index in [0.29, 0.717) is 12.3 Å². The van der Waals surface area contributed by atoms with Gasteiger partial charge < -0.3 is 9.42 Å². The first kappa shape index (κ1) is 21.0. The summed E-state index contributed by atoms with van der Waals surface area (Å²) in [5.41, 5.74) is 3.71. The average Bonchev–Trinajstić information content (AvgIpc) is 3.37. The molecule has 0 spiro atoms. The Hall–Kier alpha value is -2.24. The molecule has 0 bridgehead atoms. The molecule has 162 valence electrons. The minimum Gasteiger partial charge on any atom is -0.356 e. The molecular formula is C24H34N4O2. The zero-order chi connectivity index (χ0) is 21.1. The smallest absolute Gasteiger partial charge is 0.223 e. The highest BCUT2D eigenvalue weighted by Gasteiger charge is 2.35. The second-order valence-electron chi connectivity index (χ2n) is 9.01. The van der Waals surface area contributed by atoms with Crippen LogP contribution in [0.15, 0.2) is 10.7 Å². The van der Waals surface area contributed by atoms with E-state index in [9.17, 15) is 4.79 Å². The zero-order valence-electron chi connectivity index (χ0n) is 18.6. The lowest BCUT2D eigenvalue weighted by Gasteiger charge is -2.29. The van der Waals surface area contributed by atoms with Crippen molar-refractivity contribution in [2.24, 2.45) is 5.92 Å². The number of hydrogen-bond acceptors (Lipinski definition) is 5. The second-order valence-corrected chi connectivity index (χ2v) is 9.01. The summed E-state index contributed by atoms with van der Waals surface area (Å²) < 4.78 is 5.66. The topological polar surface area (TPSA) is 72.1 Å². The summed E-state index contributed by atoms with van der Waals surface area (Å²) in [6, 6.07) is -0.000460. The van der Waals surface area contributed by atoms with E-state index >= 15 is 0 Å². The van der Waals surface area contributed by atoms with Gasteiger partial charge in [-0.3, -0.25) is 4.79 Å². The van der Waals surface area contributed by atoms with E-state index in [2.05, 4.69) is 22.0 Å². The van der Waals surface area contributed by atoms with Gasteiger partial charge >= 0.3 is 0 Å². The molecule has 3 heterocycles. The average molecular weight is 411 g/mol. The fourth-order valence-corrected chi connectivity index (χ4v) is 4.98. The van der Waals surface area contributed by atoms with Gasteiger partial charge in [0.05, 0.1) is 23.0 Å². The highest BCUT2D eigenvalue weighted by atomic mass is 16.5. The first-order valence-corrected chi connectivity index (χ1v) is 11.7. The van der Waals surface area contributed by atoms with Crippen LogP contribution in [0.3, 0.4) is 0 Å². The number of hydrogen-bond donors (Lipinski definition) is 0. The molecule has 6 heteroatoms. The molecule has 2 aromatic heterocycles. The van der Waals surface area contributed by atoms with Crippen LogP contribution in [0, 0.1) is 19.8 Å². The van der Waals surface area contributed by atoms with E-state index in [1.807, 2.05) is 20.0 Å². The SMILES string of the molecule is CCCc1ncc(-c2onc(C)c2C)c(C2CCCN2C(=O)CC2CCCCC2)n1. The molecule has 1 aliphatic carbocycles. The molecule has 1 saturated heterocycles. The Kier molecular flexibility index (Phi) is 6.49. The zero-order valence-corrected chi connectivity index (χ0v) is 18.6. The summed E-state index contributed by atoms with van der Waals surface area (Å²) in [5, 5.41) is 4.14. The number of amides is 1. The molecule has 4 rings (SSSR count). The van der Waals surface area contributed by atoms with Gasteiger partial charge in [-0.05, 0) is 51.9 Å².